The average Bonchev–Trinajstić information content (AvgIpc) is 2.82. The second kappa shape index (κ2) is 2.34. The molecule has 2 fully saturated rings. The fraction of sp³-hybridized carbons (Fsp3) is 0.909. The number of fused-ring (bicyclic) bond motifs is 1. The molecule has 0 N–H and O–H groups in total. The van der Waals surface area contributed by atoms with Crippen LogP contribution in [0, 0.1) is 23.7 Å². The largest absolute Gasteiger partial charge is 0.286 e. The zero-order valence-corrected chi connectivity index (χ0v) is 7.74. The highest BCUT2D eigenvalue weighted by Crippen LogP contribution is 2.61. The Hall–Kier alpha value is -0.330. The molecule has 4 unspecified atom stereocenters. The van der Waals surface area contributed by atoms with Gasteiger partial charge in [-0.3, -0.25) is 4.99 Å². The van der Waals surface area contributed by atoms with Gasteiger partial charge in [0.15, 0.2) is 0 Å². The molecule has 1 heterocycles. The number of hydrogen-bond acceptors (Lipinski definition) is 1. The SMILES string of the molecule is CCCC1CC2C(C3C=N3)C[C@H]12. The van der Waals surface area contributed by atoms with Crippen molar-refractivity contribution in [1.82, 2.24) is 0 Å². The van der Waals surface area contributed by atoms with Crippen molar-refractivity contribution in [3.05, 3.63) is 0 Å². The molecule has 3 rings (SSSR count). The van der Waals surface area contributed by atoms with Crippen molar-refractivity contribution in [2.24, 2.45) is 28.7 Å². The van der Waals surface area contributed by atoms with Gasteiger partial charge in [0.25, 0.3) is 0 Å². The smallest absolute Gasteiger partial charge is 0.0874 e. The molecule has 0 bridgehead atoms. The number of rotatable bonds is 3. The monoisotopic (exact) mass is 163 g/mol. The van der Waals surface area contributed by atoms with Gasteiger partial charge in [-0.1, -0.05) is 19.8 Å². The van der Waals surface area contributed by atoms with E-state index in [-0.39, 0.29) is 0 Å². The fourth-order valence-corrected chi connectivity index (χ4v) is 3.37. The standard InChI is InChI=1S/C11H17N/c1-2-3-7-4-9-8(7)5-10(9)11-6-12-11/h6-11H,2-5H2,1H3/t7?,8-,9?,10?,11?/m1/s1. The molecule has 0 aromatic carbocycles. The minimum absolute atomic E-state index is 0.703. The molecule has 3 aliphatic rings. The molecule has 1 nitrogen and oxygen atoms in total. The Labute approximate surface area is 74.3 Å². The van der Waals surface area contributed by atoms with Gasteiger partial charge in [-0.15, -0.1) is 0 Å². The van der Waals surface area contributed by atoms with Crippen molar-refractivity contribution >= 4 is 6.21 Å². The molecule has 2 aliphatic carbocycles. The van der Waals surface area contributed by atoms with Crippen LogP contribution in [0.1, 0.15) is 32.6 Å². The Kier molecular flexibility index (Phi) is 1.38. The summed E-state index contributed by atoms with van der Waals surface area (Å²) >= 11 is 0. The Balaban J connectivity index is 1.51. The minimum atomic E-state index is 0.703. The summed E-state index contributed by atoms with van der Waals surface area (Å²) in [4.78, 5) is 4.29. The van der Waals surface area contributed by atoms with Gasteiger partial charge in [0.2, 0.25) is 0 Å². The molecule has 0 spiro atoms. The first-order valence-corrected chi connectivity index (χ1v) is 5.43. The van der Waals surface area contributed by atoms with Crippen molar-refractivity contribution in [2.45, 2.75) is 38.6 Å². The van der Waals surface area contributed by atoms with Crippen LogP contribution in [0.2, 0.25) is 0 Å². The van der Waals surface area contributed by atoms with Gasteiger partial charge in [-0.05, 0) is 36.5 Å². The van der Waals surface area contributed by atoms with Gasteiger partial charge in [0, 0.05) is 6.21 Å². The van der Waals surface area contributed by atoms with Crippen LogP contribution >= 0.6 is 0 Å². The summed E-state index contributed by atoms with van der Waals surface area (Å²) in [6.45, 7) is 2.31. The lowest BCUT2D eigenvalue weighted by Crippen LogP contribution is -2.53. The van der Waals surface area contributed by atoms with Crippen LogP contribution in [-0.2, 0) is 0 Å². The van der Waals surface area contributed by atoms with E-state index in [1.54, 1.807) is 0 Å². The maximum Gasteiger partial charge on any atom is 0.0874 e. The van der Waals surface area contributed by atoms with E-state index < -0.39 is 0 Å². The van der Waals surface area contributed by atoms with Gasteiger partial charge in [-0.2, -0.15) is 0 Å². The lowest BCUT2D eigenvalue weighted by atomic mass is 9.46. The van der Waals surface area contributed by atoms with Crippen molar-refractivity contribution in [3.63, 3.8) is 0 Å². The van der Waals surface area contributed by atoms with E-state index in [1.807, 2.05) is 0 Å². The molecule has 12 heavy (non-hydrogen) atoms. The Morgan fingerprint density at radius 2 is 2.08 bits per heavy atom. The van der Waals surface area contributed by atoms with E-state index in [2.05, 4.69) is 18.1 Å². The summed E-state index contributed by atoms with van der Waals surface area (Å²) in [5.41, 5.74) is 0. The average molecular weight is 163 g/mol. The van der Waals surface area contributed by atoms with Crippen LogP contribution in [0.5, 0.6) is 0 Å². The van der Waals surface area contributed by atoms with E-state index >= 15 is 0 Å². The zero-order chi connectivity index (χ0) is 8.13. The normalized spacial score (nSPS) is 53.9. The molecule has 0 aromatic heterocycles. The molecule has 5 atom stereocenters. The second-order valence-electron chi connectivity index (χ2n) is 4.80. The molecule has 0 aromatic rings. The summed E-state index contributed by atoms with van der Waals surface area (Å²) in [5, 5.41) is 0. The minimum Gasteiger partial charge on any atom is -0.286 e. The Morgan fingerprint density at radius 3 is 2.58 bits per heavy atom. The van der Waals surface area contributed by atoms with E-state index in [9.17, 15) is 0 Å². The van der Waals surface area contributed by atoms with Crippen molar-refractivity contribution < 1.29 is 0 Å². The van der Waals surface area contributed by atoms with E-state index in [0.717, 1.165) is 23.7 Å². The molecule has 2 saturated carbocycles. The maximum absolute atomic E-state index is 4.29. The fourth-order valence-electron chi connectivity index (χ4n) is 3.37. The first kappa shape index (κ1) is 7.11. The highest BCUT2D eigenvalue weighted by molar-refractivity contribution is 5.78. The Morgan fingerprint density at radius 1 is 1.25 bits per heavy atom. The molecule has 0 radical (unpaired) electrons. The van der Waals surface area contributed by atoms with Gasteiger partial charge in [-0.25, -0.2) is 0 Å². The summed E-state index contributed by atoms with van der Waals surface area (Å²) in [6.07, 6.45) is 8.05. The van der Waals surface area contributed by atoms with E-state index in [4.69, 9.17) is 0 Å². The number of nitrogens with zero attached hydrogens (tertiary/aromatic N) is 1. The third-order valence-corrected chi connectivity index (χ3v) is 4.24. The quantitative estimate of drug-likeness (QED) is 0.606. The van der Waals surface area contributed by atoms with Crippen molar-refractivity contribution in [3.8, 4) is 0 Å². The molecule has 1 heteroatoms. The first-order chi connectivity index (χ1) is 5.90. The summed E-state index contributed by atoms with van der Waals surface area (Å²) in [5.74, 6) is 4.31. The second-order valence-corrected chi connectivity index (χ2v) is 4.80. The predicted molar refractivity (Wildman–Crippen MR) is 50.4 cm³/mol. The van der Waals surface area contributed by atoms with Gasteiger partial charge in [0.05, 0.1) is 6.04 Å². The third-order valence-electron chi connectivity index (χ3n) is 4.24. The van der Waals surface area contributed by atoms with Crippen molar-refractivity contribution in [1.29, 1.82) is 0 Å². The van der Waals surface area contributed by atoms with Gasteiger partial charge in [0.1, 0.15) is 0 Å². The lowest BCUT2D eigenvalue weighted by Gasteiger charge is -2.58. The van der Waals surface area contributed by atoms with Crippen LogP contribution in [0.3, 0.4) is 0 Å². The van der Waals surface area contributed by atoms with Gasteiger partial charge < -0.3 is 0 Å². The van der Waals surface area contributed by atoms with Crippen LogP contribution in [0.25, 0.3) is 0 Å². The molecule has 1 aliphatic heterocycles. The maximum atomic E-state index is 4.29. The summed E-state index contributed by atoms with van der Waals surface area (Å²) in [7, 11) is 0. The van der Waals surface area contributed by atoms with E-state index in [1.165, 1.54) is 25.7 Å². The summed E-state index contributed by atoms with van der Waals surface area (Å²) < 4.78 is 0. The molecule has 0 amide bonds. The van der Waals surface area contributed by atoms with Crippen LogP contribution in [0.4, 0.5) is 0 Å². The molecular formula is C11H17N. The Bertz CT molecular complexity index is 215. The zero-order valence-electron chi connectivity index (χ0n) is 7.74. The molecule has 66 valence electrons. The van der Waals surface area contributed by atoms with Crippen LogP contribution in [-0.4, -0.2) is 12.3 Å². The lowest BCUT2D eigenvalue weighted by molar-refractivity contribution is -0.0886. The predicted octanol–water partition coefficient (Wildman–Crippen LogP) is 2.51. The third kappa shape index (κ3) is 0.826. The van der Waals surface area contributed by atoms with Gasteiger partial charge >= 0.3 is 0 Å². The van der Waals surface area contributed by atoms with Crippen molar-refractivity contribution in [2.75, 3.05) is 0 Å². The number of aliphatic imine (C=N–C) groups is 1. The van der Waals surface area contributed by atoms with Crippen LogP contribution < -0.4 is 0 Å². The first-order valence-electron chi connectivity index (χ1n) is 5.43. The van der Waals surface area contributed by atoms with Crippen LogP contribution in [0.15, 0.2) is 4.99 Å². The highest BCUT2D eigenvalue weighted by Gasteiger charge is 2.56. The topological polar surface area (TPSA) is 12.4 Å². The van der Waals surface area contributed by atoms with E-state index in [0.29, 0.717) is 6.04 Å². The summed E-state index contributed by atoms with van der Waals surface area (Å²) in [6, 6.07) is 0.703. The highest BCUT2D eigenvalue weighted by atomic mass is 14.9. The number of hydrogen-bond donors (Lipinski definition) is 0. The molecule has 0 saturated heterocycles. The molecular weight excluding hydrogens is 146 g/mol.